The average Bonchev–Trinajstić information content (AvgIpc) is 2.91. The number of hydrogen-bond acceptors (Lipinski definition) is 4. The fraction of sp³-hybridized carbons (Fsp3) is 0.615. The van der Waals surface area contributed by atoms with Crippen molar-refractivity contribution in [2.24, 2.45) is 11.8 Å². The zero-order valence-electron chi connectivity index (χ0n) is 9.85. The Bertz CT molecular complexity index is 400. The summed E-state index contributed by atoms with van der Waals surface area (Å²) in [4.78, 5) is 11.5. The van der Waals surface area contributed by atoms with Gasteiger partial charge in [0.1, 0.15) is 12.2 Å². The second-order valence-electron chi connectivity index (χ2n) is 5.07. The van der Waals surface area contributed by atoms with Gasteiger partial charge < -0.3 is 14.2 Å². The van der Waals surface area contributed by atoms with Gasteiger partial charge in [-0.3, -0.25) is 0 Å². The number of carbonyl (C=O) groups excluding carboxylic acids is 1. The second kappa shape index (κ2) is 3.60. The van der Waals surface area contributed by atoms with Gasteiger partial charge in [-0.1, -0.05) is 13.2 Å². The molecule has 92 valence electrons. The van der Waals surface area contributed by atoms with E-state index in [2.05, 4.69) is 13.2 Å². The quantitative estimate of drug-likeness (QED) is 0.537. The normalized spacial score (nSPS) is 42.2. The molecule has 0 amide bonds. The Morgan fingerprint density at radius 2 is 2.29 bits per heavy atom. The van der Waals surface area contributed by atoms with Gasteiger partial charge in [-0.05, 0) is 6.92 Å². The first-order chi connectivity index (χ1) is 8.08. The smallest absolute Gasteiger partial charge is 0.333 e. The highest BCUT2D eigenvalue weighted by molar-refractivity contribution is 5.87. The molecule has 3 heterocycles. The molecule has 3 fully saturated rings. The molecule has 3 aliphatic rings. The van der Waals surface area contributed by atoms with Gasteiger partial charge in [0.05, 0.1) is 24.4 Å². The van der Waals surface area contributed by atoms with Crippen LogP contribution in [0, 0.1) is 11.8 Å². The molecule has 5 atom stereocenters. The number of rotatable bonds is 2. The summed E-state index contributed by atoms with van der Waals surface area (Å²) in [6, 6.07) is 0. The van der Waals surface area contributed by atoms with Crippen LogP contribution in [-0.4, -0.2) is 30.9 Å². The van der Waals surface area contributed by atoms with E-state index < -0.39 is 0 Å². The van der Waals surface area contributed by atoms with E-state index in [1.165, 1.54) is 0 Å². The van der Waals surface area contributed by atoms with Crippen LogP contribution in [0.3, 0.4) is 0 Å². The van der Waals surface area contributed by atoms with Crippen molar-refractivity contribution in [1.82, 2.24) is 0 Å². The van der Waals surface area contributed by atoms with Gasteiger partial charge in [0.25, 0.3) is 0 Å². The Hall–Kier alpha value is -1.29. The Labute approximate surface area is 100 Å². The van der Waals surface area contributed by atoms with E-state index in [4.69, 9.17) is 14.2 Å². The molecule has 0 saturated carbocycles. The molecular formula is C13H16O4. The number of fused-ring (bicyclic) bond motifs is 5. The molecule has 4 nitrogen and oxygen atoms in total. The number of carbonyl (C=O) groups is 1. The lowest BCUT2D eigenvalue weighted by Crippen LogP contribution is -2.38. The summed E-state index contributed by atoms with van der Waals surface area (Å²) in [5, 5.41) is 0. The highest BCUT2D eigenvalue weighted by atomic mass is 16.6. The van der Waals surface area contributed by atoms with Crippen molar-refractivity contribution in [2.45, 2.75) is 31.7 Å². The zero-order chi connectivity index (χ0) is 12.2. The molecule has 0 aromatic rings. The molecule has 0 radical (unpaired) electrons. The van der Waals surface area contributed by atoms with Gasteiger partial charge in [-0.2, -0.15) is 0 Å². The van der Waals surface area contributed by atoms with E-state index in [1.54, 1.807) is 6.92 Å². The lowest BCUT2D eigenvalue weighted by atomic mass is 9.79. The van der Waals surface area contributed by atoms with Gasteiger partial charge in [-0.25, -0.2) is 4.79 Å². The van der Waals surface area contributed by atoms with Gasteiger partial charge in [0.2, 0.25) is 0 Å². The summed E-state index contributed by atoms with van der Waals surface area (Å²) in [5.41, 5.74) is 0.422. The van der Waals surface area contributed by atoms with Crippen LogP contribution < -0.4 is 0 Å². The van der Waals surface area contributed by atoms with E-state index in [0.29, 0.717) is 18.1 Å². The van der Waals surface area contributed by atoms with Crippen molar-refractivity contribution in [3.05, 3.63) is 24.5 Å². The Morgan fingerprint density at radius 1 is 1.53 bits per heavy atom. The predicted molar refractivity (Wildman–Crippen MR) is 60.0 cm³/mol. The fourth-order valence-electron chi connectivity index (χ4n) is 3.06. The summed E-state index contributed by atoms with van der Waals surface area (Å²) in [7, 11) is 0. The molecular weight excluding hydrogens is 220 g/mol. The van der Waals surface area contributed by atoms with Crippen molar-refractivity contribution in [2.75, 3.05) is 6.61 Å². The van der Waals surface area contributed by atoms with Crippen molar-refractivity contribution in [3.8, 4) is 0 Å². The Morgan fingerprint density at radius 3 is 3.00 bits per heavy atom. The summed E-state index contributed by atoms with van der Waals surface area (Å²) in [6.45, 7) is 9.82. The minimum absolute atomic E-state index is 0.0803. The number of ether oxygens (including phenoxy) is 3. The minimum Gasteiger partial charge on any atom is -0.498 e. The summed E-state index contributed by atoms with van der Waals surface area (Å²) in [6.07, 6.45) is 0.654. The molecule has 4 heteroatoms. The highest BCUT2D eigenvalue weighted by Crippen LogP contribution is 2.51. The monoisotopic (exact) mass is 236 g/mol. The van der Waals surface area contributed by atoms with Gasteiger partial charge in [0.15, 0.2) is 0 Å². The third-order valence-electron chi connectivity index (χ3n) is 3.90. The first kappa shape index (κ1) is 10.8. The van der Waals surface area contributed by atoms with E-state index in [-0.39, 0.29) is 30.2 Å². The molecule has 0 aromatic carbocycles. The Balaban J connectivity index is 1.73. The third kappa shape index (κ3) is 1.51. The molecule has 3 aliphatic heterocycles. The predicted octanol–water partition coefficient (Wildman–Crippen LogP) is 1.42. The van der Waals surface area contributed by atoms with E-state index in [1.807, 2.05) is 0 Å². The van der Waals surface area contributed by atoms with Crippen LogP contribution in [0.4, 0.5) is 0 Å². The molecule has 0 aromatic heterocycles. The summed E-state index contributed by atoms with van der Waals surface area (Å²) >= 11 is 0. The fourth-order valence-corrected chi connectivity index (χ4v) is 3.06. The molecule has 0 N–H and O–H groups in total. The summed E-state index contributed by atoms with van der Waals surface area (Å²) < 4.78 is 16.7. The van der Waals surface area contributed by atoms with Crippen LogP contribution in [0.5, 0.6) is 0 Å². The molecule has 5 unspecified atom stereocenters. The largest absolute Gasteiger partial charge is 0.498 e. The minimum atomic E-state index is -0.341. The first-order valence-corrected chi connectivity index (χ1v) is 5.91. The third-order valence-corrected chi connectivity index (χ3v) is 3.90. The lowest BCUT2D eigenvalue weighted by molar-refractivity contribution is -0.147. The number of esters is 1. The topological polar surface area (TPSA) is 44.8 Å². The number of hydrogen-bond donors (Lipinski definition) is 0. The molecule has 17 heavy (non-hydrogen) atoms. The van der Waals surface area contributed by atoms with Crippen molar-refractivity contribution >= 4 is 5.97 Å². The summed E-state index contributed by atoms with van der Waals surface area (Å²) in [5.74, 6) is 1.02. The van der Waals surface area contributed by atoms with Gasteiger partial charge >= 0.3 is 5.97 Å². The van der Waals surface area contributed by atoms with E-state index in [0.717, 1.165) is 12.2 Å². The van der Waals surface area contributed by atoms with Gasteiger partial charge in [0, 0.05) is 17.9 Å². The van der Waals surface area contributed by atoms with Crippen molar-refractivity contribution in [1.29, 1.82) is 0 Å². The van der Waals surface area contributed by atoms with Gasteiger partial charge in [-0.15, -0.1) is 0 Å². The van der Waals surface area contributed by atoms with Crippen molar-refractivity contribution in [3.63, 3.8) is 0 Å². The molecule has 0 spiro atoms. The average molecular weight is 236 g/mol. The molecule has 3 rings (SSSR count). The van der Waals surface area contributed by atoms with Crippen LogP contribution in [0.1, 0.15) is 13.3 Å². The van der Waals surface area contributed by atoms with E-state index in [9.17, 15) is 4.79 Å². The Kier molecular flexibility index (Phi) is 2.30. The molecule has 2 bridgehead atoms. The molecule has 3 saturated heterocycles. The van der Waals surface area contributed by atoms with E-state index >= 15 is 0 Å². The van der Waals surface area contributed by atoms with Crippen molar-refractivity contribution < 1.29 is 19.0 Å². The SMILES string of the molecule is C=C(C)C(=O)OC1CC2OC1C1C(=C)OCC21. The highest BCUT2D eigenvalue weighted by Gasteiger charge is 2.59. The van der Waals surface area contributed by atoms with Crippen LogP contribution in [0.25, 0.3) is 0 Å². The molecule has 0 aliphatic carbocycles. The maximum absolute atomic E-state index is 11.5. The maximum Gasteiger partial charge on any atom is 0.333 e. The zero-order valence-corrected chi connectivity index (χ0v) is 9.85. The van der Waals surface area contributed by atoms with Crippen LogP contribution in [0.2, 0.25) is 0 Å². The standard InChI is InChI=1S/C13H16O4/c1-6(2)13(14)17-10-4-9-8-5-15-7(3)11(8)12(10)16-9/h8-12H,1,3-5H2,2H3. The second-order valence-corrected chi connectivity index (χ2v) is 5.07. The van der Waals surface area contributed by atoms with Crippen LogP contribution in [-0.2, 0) is 19.0 Å². The maximum atomic E-state index is 11.5. The first-order valence-electron chi connectivity index (χ1n) is 5.91. The lowest BCUT2D eigenvalue weighted by Gasteiger charge is -2.26. The van der Waals surface area contributed by atoms with Crippen LogP contribution >= 0.6 is 0 Å². The van der Waals surface area contributed by atoms with Crippen LogP contribution in [0.15, 0.2) is 24.5 Å².